The third-order valence-electron chi connectivity index (χ3n) is 10.5. The molecule has 1 aromatic heterocycles. The van der Waals surface area contributed by atoms with Gasteiger partial charge in [-0.2, -0.15) is 0 Å². The molecule has 0 amide bonds. The second-order valence-corrected chi connectivity index (χ2v) is 14.2. The van der Waals surface area contributed by atoms with Gasteiger partial charge in [-0.05, 0) is 86.7 Å². The number of rotatable bonds is 5. The summed E-state index contributed by atoms with van der Waals surface area (Å²) in [6, 6.07) is 47.0. The first kappa shape index (κ1) is 27.1. The zero-order valence-corrected chi connectivity index (χ0v) is 26.7. The zero-order valence-electron chi connectivity index (χ0n) is 25.9. The summed E-state index contributed by atoms with van der Waals surface area (Å²) in [4.78, 5) is 1.41. The molecule has 0 fully saturated rings. The van der Waals surface area contributed by atoms with E-state index in [-0.39, 0.29) is 0 Å². The maximum Gasteiger partial charge on any atom is 0.136 e. The Hall–Kier alpha value is -5.05. The summed E-state index contributed by atoms with van der Waals surface area (Å²) in [5, 5.41) is 2.89. The van der Waals surface area contributed by atoms with E-state index >= 15 is 0 Å². The van der Waals surface area contributed by atoms with Crippen LogP contribution in [0.4, 0.5) is 0 Å². The van der Waals surface area contributed by atoms with Crippen molar-refractivity contribution in [3.63, 3.8) is 0 Å². The number of allylic oxidation sites excluding steroid dienone is 3. The lowest BCUT2D eigenvalue weighted by Crippen LogP contribution is -2.06. The van der Waals surface area contributed by atoms with Crippen molar-refractivity contribution in [3.8, 4) is 33.4 Å². The van der Waals surface area contributed by atoms with E-state index in [1.54, 1.807) is 0 Å². The molecular weight excluding hydrogens is 589 g/mol. The molecule has 0 spiro atoms. The average Bonchev–Trinajstić information content (AvgIpc) is 3.80. The van der Waals surface area contributed by atoms with Crippen molar-refractivity contribution >= 4 is 33.7 Å². The predicted molar refractivity (Wildman–Crippen MR) is 197 cm³/mol. The minimum Gasteiger partial charge on any atom is -0.456 e. The van der Waals surface area contributed by atoms with Crippen molar-refractivity contribution in [1.29, 1.82) is 0 Å². The maximum absolute atomic E-state index is 6.58. The molecule has 224 valence electrons. The molecule has 0 N–H and O–H groups in total. The summed E-state index contributed by atoms with van der Waals surface area (Å²) in [6.45, 7) is 0. The largest absolute Gasteiger partial charge is 0.456 e. The fourth-order valence-corrected chi connectivity index (χ4v) is 9.74. The van der Waals surface area contributed by atoms with E-state index in [1.165, 1.54) is 71.3 Å². The number of benzene rings is 6. The fraction of sp³-hybridized carbons (Fsp3) is 0.111. The summed E-state index contributed by atoms with van der Waals surface area (Å²) in [5.41, 5.74) is 15.5. The van der Waals surface area contributed by atoms with E-state index in [1.807, 2.05) is 11.8 Å². The minimum absolute atomic E-state index is 0.384. The Morgan fingerprint density at radius 2 is 1.34 bits per heavy atom. The van der Waals surface area contributed by atoms with Gasteiger partial charge >= 0.3 is 0 Å². The lowest BCUT2D eigenvalue weighted by Gasteiger charge is -2.14. The Bertz CT molecular complexity index is 2410. The maximum atomic E-state index is 6.58. The van der Waals surface area contributed by atoms with Gasteiger partial charge in [-0.1, -0.05) is 133 Å². The molecule has 2 aliphatic carbocycles. The molecule has 3 atom stereocenters. The lowest BCUT2D eigenvalue weighted by molar-refractivity contribution is 0.666. The van der Waals surface area contributed by atoms with E-state index in [9.17, 15) is 0 Å². The second-order valence-electron chi connectivity index (χ2n) is 13.1. The molecule has 2 heterocycles. The van der Waals surface area contributed by atoms with Crippen LogP contribution in [0.15, 0.2) is 161 Å². The first-order chi connectivity index (χ1) is 23.3. The number of aryl methyl sites for hydroxylation is 1. The van der Waals surface area contributed by atoms with Gasteiger partial charge in [0.25, 0.3) is 0 Å². The Balaban J connectivity index is 0.986. The highest BCUT2D eigenvalue weighted by molar-refractivity contribution is 8.00. The highest BCUT2D eigenvalue weighted by atomic mass is 32.2. The molecule has 6 aromatic carbocycles. The van der Waals surface area contributed by atoms with Gasteiger partial charge in [0.2, 0.25) is 0 Å². The summed E-state index contributed by atoms with van der Waals surface area (Å²) >= 11 is 2.00. The van der Waals surface area contributed by atoms with E-state index in [2.05, 4.69) is 152 Å². The highest BCUT2D eigenvalue weighted by Crippen LogP contribution is 2.53. The molecule has 0 saturated carbocycles. The summed E-state index contributed by atoms with van der Waals surface area (Å²) in [7, 11) is 0. The SMILES string of the molecule is C1=CC2Sc3c(-c4cccc5oc6cc(CC[C@H]7c8ccccc8-c8cc(-c9ccccc9)ccc87)ccc6c45)cccc3C2C=C1. The third-order valence-corrected chi connectivity index (χ3v) is 11.9. The predicted octanol–water partition coefficient (Wildman–Crippen LogP) is 12.3. The van der Waals surface area contributed by atoms with E-state index in [4.69, 9.17) is 4.42 Å². The molecule has 1 aliphatic heterocycles. The average molecular weight is 621 g/mol. The van der Waals surface area contributed by atoms with E-state index in [0.29, 0.717) is 17.1 Å². The Morgan fingerprint density at radius 1 is 0.553 bits per heavy atom. The molecule has 2 heteroatoms. The molecule has 47 heavy (non-hydrogen) atoms. The van der Waals surface area contributed by atoms with E-state index < -0.39 is 0 Å². The highest BCUT2D eigenvalue weighted by Gasteiger charge is 2.33. The normalized spacial score (nSPS) is 18.8. The Morgan fingerprint density at radius 3 is 2.30 bits per heavy atom. The monoisotopic (exact) mass is 620 g/mol. The molecular formula is C45H32OS. The van der Waals surface area contributed by atoms with Crippen LogP contribution < -0.4 is 0 Å². The first-order valence-electron chi connectivity index (χ1n) is 16.7. The summed E-state index contributed by atoms with van der Waals surface area (Å²) in [6.07, 6.45) is 11.1. The van der Waals surface area contributed by atoms with E-state index in [0.717, 1.165) is 24.0 Å². The van der Waals surface area contributed by atoms with Gasteiger partial charge in [0, 0.05) is 32.8 Å². The van der Waals surface area contributed by atoms with Crippen molar-refractivity contribution in [2.75, 3.05) is 0 Å². The van der Waals surface area contributed by atoms with Gasteiger partial charge in [-0.3, -0.25) is 0 Å². The van der Waals surface area contributed by atoms with Crippen LogP contribution in [0.3, 0.4) is 0 Å². The molecule has 0 bridgehead atoms. The van der Waals surface area contributed by atoms with Gasteiger partial charge in [0.05, 0.1) is 0 Å². The van der Waals surface area contributed by atoms with Crippen molar-refractivity contribution in [2.45, 2.75) is 34.8 Å². The Kier molecular flexibility index (Phi) is 6.20. The fourth-order valence-electron chi connectivity index (χ4n) is 8.27. The molecule has 7 aromatic rings. The first-order valence-corrected chi connectivity index (χ1v) is 17.6. The van der Waals surface area contributed by atoms with Crippen molar-refractivity contribution < 1.29 is 4.42 Å². The zero-order chi connectivity index (χ0) is 30.9. The van der Waals surface area contributed by atoms with Crippen molar-refractivity contribution in [1.82, 2.24) is 0 Å². The number of hydrogen-bond acceptors (Lipinski definition) is 2. The number of hydrogen-bond donors (Lipinski definition) is 0. The number of furan rings is 1. The summed E-state index contributed by atoms with van der Waals surface area (Å²) < 4.78 is 6.58. The van der Waals surface area contributed by atoms with Gasteiger partial charge in [0.1, 0.15) is 11.2 Å². The van der Waals surface area contributed by atoms with Gasteiger partial charge < -0.3 is 4.42 Å². The molecule has 0 radical (unpaired) electrons. The van der Waals surface area contributed by atoms with Gasteiger partial charge in [0.15, 0.2) is 0 Å². The van der Waals surface area contributed by atoms with Gasteiger partial charge in [-0.25, -0.2) is 0 Å². The van der Waals surface area contributed by atoms with Gasteiger partial charge in [-0.15, -0.1) is 11.8 Å². The molecule has 0 saturated heterocycles. The Labute approximate surface area is 279 Å². The third kappa shape index (κ3) is 4.32. The number of thioether (sulfide) groups is 1. The summed E-state index contributed by atoms with van der Waals surface area (Å²) in [5.74, 6) is 0.836. The topological polar surface area (TPSA) is 13.1 Å². The second kappa shape index (κ2) is 10.8. The van der Waals surface area contributed by atoms with Crippen LogP contribution in [0, 0.1) is 0 Å². The van der Waals surface area contributed by atoms with Crippen LogP contribution >= 0.6 is 11.8 Å². The van der Waals surface area contributed by atoms with Crippen molar-refractivity contribution in [2.24, 2.45) is 0 Å². The minimum atomic E-state index is 0.384. The van der Waals surface area contributed by atoms with Crippen LogP contribution in [-0.4, -0.2) is 5.25 Å². The molecule has 2 unspecified atom stereocenters. The van der Waals surface area contributed by atoms with Crippen LogP contribution in [0.1, 0.15) is 40.5 Å². The molecule has 1 nitrogen and oxygen atoms in total. The van der Waals surface area contributed by atoms with Crippen LogP contribution in [0.25, 0.3) is 55.3 Å². The molecule has 10 rings (SSSR count). The van der Waals surface area contributed by atoms with Crippen LogP contribution in [0.5, 0.6) is 0 Å². The number of fused-ring (bicyclic) bond motifs is 9. The van der Waals surface area contributed by atoms with Crippen LogP contribution in [0.2, 0.25) is 0 Å². The van der Waals surface area contributed by atoms with Crippen molar-refractivity contribution in [3.05, 3.63) is 174 Å². The quantitative estimate of drug-likeness (QED) is 0.190. The van der Waals surface area contributed by atoms with Crippen LogP contribution in [-0.2, 0) is 6.42 Å². The standard InChI is InChI=1S/C45H32OS/c1-2-10-29(11-3-1)30-22-25-34-33(31-12-4-5-13-32(31)40(34)27-30)23-20-28-21-24-39-42(26-28)46-41-18-9-15-36(44(39)41)38-17-8-16-37-35-14-6-7-19-43(35)47-45(37)38/h1-19,21-22,24-27,33,35,43H,20,23H2/t33-,35?,43?/m0/s1. The smallest absolute Gasteiger partial charge is 0.136 e. The lowest BCUT2D eigenvalue weighted by atomic mass is 9.89. The molecule has 3 aliphatic rings.